The van der Waals surface area contributed by atoms with E-state index >= 15 is 0 Å². The highest BCUT2D eigenvalue weighted by Crippen LogP contribution is 2.44. The second-order valence-corrected chi connectivity index (χ2v) is 22.4. The van der Waals surface area contributed by atoms with Crippen LogP contribution in [0.1, 0.15) is 150 Å². The van der Waals surface area contributed by atoms with Gasteiger partial charge < -0.3 is 0 Å². The van der Waals surface area contributed by atoms with E-state index in [2.05, 4.69) is 228 Å². The first-order chi connectivity index (χ1) is 30.2. The Hall–Kier alpha value is -6.44. The van der Waals surface area contributed by atoms with E-state index in [1.807, 2.05) is 0 Å². The lowest BCUT2D eigenvalue weighted by molar-refractivity contribution is 0.590. The van der Waals surface area contributed by atoms with E-state index in [1.54, 1.807) is 0 Å². The molecule has 0 nitrogen and oxygen atoms in total. The lowest BCUT2D eigenvalue weighted by atomic mass is 9.77. The third-order valence-corrected chi connectivity index (χ3v) is 13.6. The molecule has 0 aliphatic heterocycles. The summed E-state index contributed by atoms with van der Waals surface area (Å²) in [6, 6.07) is 37.7. The van der Waals surface area contributed by atoms with Crippen molar-refractivity contribution in [3.8, 4) is 91.9 Å². The molecule has 0 radical (unpaired) electrons. The zero-order chi connectivity index (χ0) is 45.3. The summed E-state index contributed by atoms with van der Waals surface area (Å²) < 4.78 is 0. The molecule has 0 saturated carbocycles. The van der Waals surface area contributed by atoms with E-state index < -0.39 is 0 Å². The summed E-state index contributed by atoms with van der Waals surface area (Å²) in [5.41, 5.74) is 24.0. The normalized spacial score (nSPS) is 13.7. The molecule has 14 rings (SSSR count). The summed E-state index contributed by atoms with van der Waals surface area (Å²) in [5.74, 6) is 27.7. The average Bonchev–Trinajstić information content (AvgIpc) is 3.23. The van der Waals surface area contributed by atoms with E-state index in [1.165, 1.54) is 89.0 Å². The van der Waals surface area contributed by atoms with Gasteiger partial charge in [-0.15, -0.1) is 0 Å². The number of aryl methyl sites for hydroxylation is 4. The van der Waals surface area contributed by atoms with Crippen molar-refractivity contribution in [2.45, 2.75) is 130 Å². The summed E-state index contributed by atoms with van der Waals surface area (Å²) >= 11 is 0. The third kappa shape index (κ3) is 8.25. The standard InChI is InChI=1S/C64H60/c1-61(2,3)49-29-25-41-17-13-14-18-42-26-30-51(63(7,8)9)39-59(42)56-35-47-22-21-45-34-54-46(33-53(45)57(41)37-49)23-24-48(56)36-55(47)60-40-52(64(10,11)12)32-28-44(60)20-16-15-19-43-27-31-50(38-58(43)54)62(4,5)6/h25-40H,21-24H2,1-12H3. The minimum Gasteiger partial charge on any atom is -0.0572 e. The van der Waals surface area contributed by atoms with Gasteiger partial charge in [-0.25, -0.2) is 0 Å². The van der Waals surface area contributed by atoms with Gasteiger partial charge in [-0.2, -0.15) is 0 Å². The molecule has 0 spiro atoms. The minimum absolute atomic E-state index is 0.0419. The number of rotatable bonds is 0. The van der Waals surface area contributed by atoms with Crippen LogP contribution < -0.4 is 0 Å². The molecule has 0 atom stereocenters. The smallest absolute Gasteiger partial charge is 0.0334 e. The Morgan fingerprint density at radius 3 is 0.656 bits per heavy atom. The Balaban J connectivity index is 1.47. The molecule has 0 aromatic heterocycles. The van der Waals surface area contributed by atoms with Crippen molar-refractivity contribution in [2.75, 3.05) is 0 Å². The van der Waals surface area contributed by atoms with Crippen molar-refractivity contribution in [3.05, 3.63) is 164 Å². The molecular weight excluding hydrogens is 769 g/mol. The van der Waals surface area contributed by atoms with E-state index in [9.17, 15) is 0 Å². The lowest BCUT2D eigenvalue weighted by Crippen LogP contribution is -2.13. The van der Waals surface area contributed by atoms with Crippen LogP contribution in [0.2, 0.25) is 0 Å². The van der Waals surface area contributed by atoms with Gasteiger partial charge in [0.2, 0.25) is 0 Å². The maximum Gasteiger partial charge on any atom is 0.0334 e. The third-order valence-electron chi connectivity index (χ3n) is 13.6. The highest BCUT2D eigenvalue weighted by molar-refractivity contribution is 5.86. The molecule has 8 bridgehead atoms. The largest absolute Gasteiger partial charge is 0.0572 e. The van der Waals surface area contributed by atoms with E-state index in [0.717, 1.165) is 47.9 Å². The molecule has 64 heavy (non-hydrogen) atoms. The number of benzene rings is 6. The van der Waals surface area contributed by atoms with Crippen LogP contribution in [-0.2, 0) is 47.3 Å². The maximum atomic E-state index is 3.58. The van der Waals surface area contributed by atoms with Crippen LogP contribution in [0.15, 0.2) is 97.1 Å². The Bertz CT molecular complexity index is 2750. The van der Waals surface area contributed by atoms with Crippen LogP contribution in [0.3, 0.4) is 0 Å². The highest BCUT2D eigenvalue weighted by Gasteiger charge is 2.26. The fourth-order valence-electron chi connectivity index (χ4n) is 9.51. The van der Waals surface area contributed by atoms with Gasteiger partial charge in [-0.3, -0.25) is 0 Å². The Morgan fingerprint density at radius 2 is 0.469 bits per heavy atom. The Morgan fingerprint density at radius 1 is 0.266 bits per heavy atom. The van der Waals surface area contributed by atoms with Gasteiger partial charge in [0.05, 0.1) is 0 Å². The van der Waals surface area contributed by atoms with Crippen molar-refractivity contribution >= 4 is 0 Å². The van der Waals surface area contributed by atoms with Gasteiger partial charge in [0.15, 0.2) is 0 Å². The SMILES string of the molecule is CC(C)(C)c1ccc2c(c1)-c1cc3c4cc1CCc1cc(c(cc1-c1cc(C(C)(C)C)ccc1C#CC#Cc1ccc(C(C)(C)C)cc1-4)CC3)-c1cc(C(C)(C)C)ccc1C#CC#C2. The molecule has 0 amide bonds. The van der Waals surface area contributed by atoms with Crippen LogP contribution in [0, 0.1) is 47.4 Å². The average molecular weight is 829 g/mol. The van der Waals surface area contributed by atoms with Crippen LogP contribution in [0.25, 0.3) is 44.5 Å². The molecule has 6 aromatic carbocycles. The second-order valence-electron chi connectivity index (χ2n) is 22.4. The number of hydrogen-bond acceptors (Lipinski definition) is 0. The van der Waals surface area contributed by atoms with Crippen molar-refractivity contribution in [1.29, 1.82) is 0 Å². The van der Waals surface area contributed by atoms with Gasteiger partial charge in [-0.05, 0) is 209 Å². The van der Waals surface area contributed by atoms with E-state index in [4.69, 9.17) is 0 Å². The number of fused-ring (bicyclic) bond motifs is 2. The molecule has 0 unspecified atom stereocenters. The predicted octanol–water partition coefficient (Wildman–Crippen LogP) is 14.9. The van der Waals surface area contributed by atoms with Crippen molar-refractivity contribution < 1.29 is 0 Å². The molecule has 0 saturated heterocycles. The highest BCUT2D eigenvalue weighted by atomic mass is 14.3. The summed E-state index contributed by atoms with van der Waals surface area (Å²) in [6.45, 7) is 27.6. The van der Waals surface area contributed by atoms with Gasteiger partial charge in [-0.1, -0.05) is 155 Å². The lowest BCUT2D eigenvalue weighted by Gasteiger charge is -2.26. The van der Waals surface area contributed by atoms with Crippen molar-refractivity contribution in [2.24, 2.45) is 0 Å². The molecule has 316 valence electrons. The zero-order valence-corrected chi connectivity index (χ0v) is 40.1. The van der Waals surface area contributed by atoms with E-state index in [-0.39, 0.29) is 21.7 Å². The van der Waals surface area contributed by atoms with Crippen LogP contribution in [-0.4, -0.2) is 0 Å². The molecule has 8 aliphatic carbocycles. The quantitative estimate of drug-likeness (QED) is 0.134. The summed E-state index contributed by atoms with van der Waals surface area (Å²) in [6.07, 6.45) is 3.36. The van der Waals surface area contributed by atoms with Gasteiger partial charge in [0.1, 0.15) is 0 Å². The first kappa shape index (κ1) is 42.8. The number of hydrogen-bond donors (Lipinski definition) is 0. The molecule has 0 heterocycles. The maximum absolute atomic E-state index is 3.58. The van der Waals surface area contributed by atoms with Gasteiger partial charge >= 0.3 is 0 Å². The minimum atomic E-state index is -0.0419. The topological polar surface area (TPSA) is 0 Å². The fraction of sp³-hybridized carbons (Fsp3) is 0.312. The predicted molar refractivity (Wildman–Crippen MR) is 272 cm³/mol. The fourth-order valence-corrected chi connectivity index (χ4v) is 9.51. The Labute approximate surface area is 384 Å². The van der Waals surface area contributed by atoms with Crippen LogP contribution in [0.5, 0.6) is 0 Å². The Kier molecular flexibility index (Phi) is 10.5. The zero-order valence-electron chi connectivity index (χ0n) is 40.1. The van der Waals surface area contributed by atoms with Gasteiger partial charge in [0.25, 0.3) is 0 Å². The summed E-state index contributed by atoms with van der Waals surface area (Å²) in [5, 5.41) is 0. The molecule has 8 aliphatic rings. The molecule has 0 N–H and O–H groups in total. The van der Waals surface area contributed by atoms with Crippen LogP contribution >= 0.6 is 0 Å². The molecule has 0 heteroatoms. The summed E-state index contributed by atoms with van der Waals surface area (Å²) in [4.78, 5) is 0. The monoisotopic (exact) mass is 828 g/mol. The second kappa shape index (κ2) is 15.7. The molecular formula is C64H60. The van der Waals surface area contributed by atoms with Crippen molar-refractivity contribution in [3.63, 3.8) is 0 Å². The molecule has 0 fully saturated rings. The first-order valence-electron chi connectivity index (χ1n) is 23.2. The van der Waals surface area contributed by atoms with E-state index in [0.29, 0.717) is 0 Å². The van der Waals surface area contributed by atoms with Gasteiger partial charge in [0, 0.05) is 22.3 Å². The molecule has 6 aromatic rings. The van der Waals surface area contributed by atoms with Crippen LogP contribution in [0.4, 0.5) is 0 Å². The first-order valence-corrected chi connectivity index (χ1v) is 23.2. The summed E-state index contributed by atoms with van der Waals surface area (Å²) in [7, 11) is 0. The van der Waals surface area contributed by atoms with Crippen molar-refractivity contribution in [1.82, 2.24) is 0 Å².